The van der Waals surface area contributed by atoms with Gasteiger partial charge >= 0.3 is 0 Å². The molecule has 0 atom stereocenters. The first kappa shape index (κ1) is 19.0. The number of hydrogen-bond donors (Lipinski definition) is 0. The fourth-order valence-corrected chi connectivity index (χ4v) is 3.86. The predicted octanol–water partition coefficient (Wildman–Crippen LogP) is 7.57. The van der Waals surface area contributed by atoms with Gasteiger partial charge in [-0.25, -0.2) is 0 Å². The van der Waals surface area contributed by atoms with Gasteiger partial charge in [0.2, 0.25) is 0 Å². The van der Waals surface area contributed by atoms with Crippen molar-refractivity contribution < 1.29 is 0 Å². The lowest BCUT2D eigenvalue weighted by Gasteiger charge is -2.19. The molecule has 0 saturated heterocycles. The highest BCUT2D eigenvalue weighted by Gasteiger charge is 2.16. The molecular weight excluding hydrogens is 348 g/mol. The van der Waals surface area contributed by atoms with E-state index in [-0.39, 0.29) is 5.92 Å². The Labute approximate surface area is 174 Å². The zero-order valence-electron chi connectivity index (χ0n) is 17.0. The number of aryl methyl sites for hydroxylation is 2. The molecule has 0 unspecified atom stereocenters. The summed E-state index contributed by atoms with van der Waals surface area (Å²) in [7, 11) is 0. The molecule has 29 heavy (non-hydrogen) atoms. The first-order valence-corrected chi connectivity index (χ1v) is 10.2. The quantitative estimate of drug-likeness (QED) is 0.338. The molecular formula is C29H26. The summed E-state index contributed by atoms with van der Waals surface area (Å²) in [4.78, 5) is 0. The van der Waals surface area contributed by atoms with Crippen LogP contribution in [0.5, 0.6) is 0 Å². The van der Waals surface area contributed by atoms with Crippen molar-refractivity contribution in [1.82, 2.24) is 0 Å². The molecule has 0 aromatic heterocycles. The van der Waals surface area contributed by atoms with Crippen molar-refractivity contribution in [2.75, 3.05) is 0 Å². The van der Waals surface area contributed by atoms with Gasteiger partial charge in [-0.05, 0) is 47.2 Å². The van der Waals surface area contributed by atoms with Crippen LogP contribution in [0.1, 0.15) is 39.3 Å². The van der Waals surface area contributed by atoms with Crippen LogP contribution in [0.25, 0.3) is 5.57 Å². The Morgan fingerprint density at radius 3 is 1.69 bits per heavy atom. The second kappa shape index (κ2) is 8.75. The molecule has 4 aromatic carbocycles. The fourth-order valence-electron chi connectivity index (χ4n) is 3.86. The van der Waals surface area contributed by atoms with Gasteiger partial charge in [-0.15, -0.1) is 0 Å². The number of allylic oxidation sites excluding steroid dienone is 1. The fraction of sp³-hybridized carbons (Fsp3) is 0.103. The van der Waals surface area contributed by atoms with E-state index in [9.17, 15) is 0 Å². The van der Waals surface area contributed by atoms with Crippen LogP contribution in [-0.2, 0) is 0 Å². The van der Waals surface area contributed by atoms with Crippen LogP contribution in [0.15, 0.2) is 115 Å². The van der Waals surface area contributed by atoms with E-state index in [0.29, 0.717) is 0 Å². The van der Waals surface area contributed by atoms with Crippen LogP contribution in [0.2, 0.25) is 0 Å². The van der Waals surface area contributed by atoms with E-state index < -0.39 is 0 Å². The summed E-state index contributed by atoms with van der Waals surface area (Å²) in [6.07, 6.45) is 2.43. The second-order valence-electron chi connectivity index (χ2n) is 7.56. The summed E-state index contributed by atoms with van der Waals surface area (Å²) in [5, 5.41) is 0. The van der Waals surface area contributed by atoms with Crippen molar-refractivity contribution in [3.8, 4) is 0 Å². The Hall–Kier alpha value is -3.38. The molecule has 0 saturated carbocycles. The second-order valence-corrected chi connectivity index (χ2v) is 7.56. The molecule has 4 aromatic rings. The highest BCUT2D eigenvalue weighted by molar-refractivity contribution is 5.82. The lowest BCUT2D eigenvalue weighted by molar-refractivity contribution is 1.03. The van der Waals surface area contributed by atoms with E-state index >= 15 is 0 Å². The van der Waals surface area contributed by atoms with Crippen LogP contribution in [0, 0.1) is 13.8 Å². The van der Waals surface area contributed by atoms with Crippen molar-refractivity contribution >= 4 is 5.57 Å². The average Bonchev–Trinajstić information content (AvgIpc) is 2.78. The number of rotatable bonds is 5. The highest BCUT2D eigenvalue weighted by Crippen LogP contribution is 2.34. The Bertz CT molecular complexity index is 1050. The summed E-state index contributed by atoms with van der Waals surface area (Å²) in [5.41, 5.74) is 9.01. The first-order valence-electron chi connectivity index (χ1n) is 10.2. The van der Waals surface area contributed by atoms with Gasteiger partial charge in [0.1, 0.15) is 0 Å². The summed E-state index contributed by atoms with van der Waals surface area (Å²) in [5.74, 6) is 0.188. The van der Waals surface area contributed by atoms with Crippen molar-refractivity contribution in [3.63, 3.8) is 0 Å². The Balaban J connectivity index is 1.95. The number of hydrogen-bond acceptors (Lipinski definition) is 0. The Morgan fingerprint density at radius 2 is 1.14 bits per heavy atom. The molecule has 0 heteroatoms. The minimum Gasteiger partial charge on any atom is -0.0641 e. The Kier molecular flexibility index (Phi) is 5.72. The van der Waals surface area contributed by atoms with Gasteiger partial charge in [-0.2, -0.15) is 0 Å². The molecule has 0 aliphatic heterocycles. The smallest absolute Gasteiger partial charge is 0.0278 e. The normalized spacial score (nSPS) is 11.6. The van der Waals surface area contributed by atoms with Crippen molar-refractivity contribution in [1.29, 1.82) is 0 Å². The topological polar surface area (TPSA) is 0 Å². The molecule has 0 bridgehead atoms. The minimum atomic E-state index is 0.188. The molecule has 0 aliphatic rings. The molecule has 0 fully saturated rings. The maximum absolute atomic E-state index is 2.43. The lowest BCUT2D eigenvalue weighted by atomic mass is 9.85. The van der Waals surface area contributed by atoms with E-state index in [1.807, 2.05) is 0 Å². The van der Waals surface area contributed by atoms with Crippen LogP contribution < -0.4 is 0 Å². The molecule has 0 spiro atoms. The number of benzene rings is 4. The van der Waals surface area contributed by atoms with E-state index in [1.165, 1.54) is 39.0 Å². The molecule has 0 nitrogen and oxygen atoms in total. The Morgan fingerprint density at radius 1 is 0.621 bits per heavy atom. The van der Waals surface area contributed by atoms with E-state index in [1.54, 1.807) is 0 Å². The first-order chi connectivity index (χ1) is 14.2. The molecule has 0 N–H and O–H groups in total. The van der Waals surface area contributed by atoms with Gasteiger partial charge in [-0.3, -0.25) is 0 Å². The van der Waals surface area contributed by atoms with E-state index in [2.05, 4.69) is 129 Å². The molecule has 0 aliphatic carbocycles. The summed E-state index contributed by atoms with van der Waals surface area (Å²) in [6.45, 7) is 4.36. The summed E-state index contributed by atoms with van der Waals surface area (Å²) < 4.78 is 0. The van der Waals surface area contributed by atoms with Crippen molar-refractivity contribution in [3.05, 3.63) is 149 Å². The summed E-state index contributed by atoms with van der Waals surface area (Å²) >= 11 is 0. The monoisotopic (exact) mass is 374 g/mol. The van der Waals surface area contributed by atoms with Crippen molar-refractivity contribution in [2.45, 2.75) is 19.8 Å². The third kappa shape index (κ3) is 4.38. The van der Waals surface area contributed by atoms with Crippen LogP contribution >= 0.6 is 0 Å². The van der Waals surface area contributed by atoms with Gasteiger partial charge in [0.25, 0.3) is 0 Å². The maximum atomic E-state index is 2.43. The molecule has 0 amide bonds. The average molecular weight is 375 g/mol. The maximum Gasteiger partial charge on any atom is 0.0278 e. The summed E-state index contributed by atoms with van der Waals surface area (Å²) in [6, 6.07) is 39.0. The largest absolute Gasteiger partial charge is 0.0641 e. The zero-order valence-corrected chi connectivity index (χ0v) is 17.0. The molecule has 4 rings (SSSR count). The van der Waals surface area contributed by atoms with Gasteiger partial charge in [0.15, 0.2) is 0 Å². The molecule has 0 heterocycles. The molecule has 0 radical (unpaired) electrons. The van der Waals surface area contributed by atoms with Crippen LogP contribution in [0.4, 0.5) is 0 Å². The minimum absolute atomic E-state index is 0.188. The molecule has 142 valence electrons. The van der Waals surface area contributed by atoms with Crippen molar-refractivity contribution in [2.24, 2.45) is 0 Å². The SMILES string of the molecule is Cc1ccc(C)c(/C(=C/C(c2ccccc2)c2ccccc2)c2ccccc2)c1. The predicted molar refractivity (Wildman–Crippen MR) is 124 cm³/mol. The standard InChI is InChI=1S/C29H26/c1-22-18-19-23(2)27(20-22)29(26-16-10-5-11-17-26)21-28(24-12-6-3-7-13-24)25-14-8-4-9-15-25/h3-21,28H,1-2H3/b29-21+. The van der Waals surface area contributed by atoms with Crippen LogP contribution in [0.3, 0.4) is 0 Å². The third-order valence-corrected chi connectivity index (χ3v) is 5.42. The van der Waals surface area contributed by atoms with Gasteiger partial charge in [-0.1, -0.05) is 121 Å². The van der Waals surface area contributed by atoms with E-state index in [4.69, 9.17) is 0 Å². The third-order valence-electron chi connectivity index (χ3n) is 5.42. The highest BCUT2D eigenvalue weighted by atomic mass is 14.2. The van der Waals surface area contributed by atoms with Gasteiger partial charge in [0.05, 0.1) is 0 Å². The van der Waals surface area contributed by atoms with E-state index in [0.717, 1.165) is 0 Å². The zero-order chi connectivity index (χ0) is 20.1. The van der Waals surface area contributed by atoms with Gasteiger partial charge in [0, 0.05) is 5.92 Å². The van der Waals surface area contributed by atoms with Gasteiger partial charge < -0.3 is 0 Å². The lowest BCUT2D eigenvalue weighted by Crippen LogP contribution is -2.01. The van der Waals surface area contributed by atoms with Crippen LogP contribution in [-0.4, -0.2) is 0 Å².